The molecule has 2 N–H and O–H groups in total. The Morgan fingerprint density at radius 3 is 2.00 bits per heavy atom. The molecule has 19 heavy (non-hydrogen) atoms. The molecule has 0 aliphatic carbocycles. The summed E-state index contributed by atoms with van der Waals surface area (Å²) < 4.78 is 22.3. The number of sulfonamides is 1. The summed E-state index contributed by atoms with van der Waals surface area (Å²) in [6.07, 6.45) is 0. The highest BCUT2D eigenvalue weighted by atomic mass is 32.2. The van der Waals surface area contributed by atoms with Crippen LogP contribution in [0.15, 0.2) is 29.2 Å². The van der Waals surface area contributed by atoms with Crippen molar-refractivity contribution in [3.05, 3.63) is 29.8 Å². The van der Waals surface area contributed by atoms with Crippen molar-refractivity contribution in [3.63, 3.8) is 0 Å². The van der Waals surface area contributed by atoms with E-state index in [1.54, 1.807) is 24.1 Å². The van der Waals surface area contributed by atoms with E-state index in [9.17, 15) is 13.2 Å². The molecule has 5 nitrogen and oxygen atoms in total. The summed E-state index contributed by atoms with van der Waals surface area (Å²) in [7, 11) is -1.94. The molecular formula is C13H20N2O3S. The first-order chi connectivity index (χ1) is 8.64. The van der Waals surface area contributed by atoms with E-state index in [4.69, 9.17) is 5.14 Å². The Morgan fingerprint density at radius 2 is 1.63 bits per heavy atom. The third kappa shape index (κ3) is 3.78. The van der Waals surface area contributed by atoms with E-state index < -0.39 is 10.0 Å². The van der Waals surface area contributed by atoms with Crippen LogP contribution in [0.1, 0.15) is 32.4 Å². The molecule has 0 radical (unpaired) electrons. The van der Waals surface area contributed by atoms with E-state index >= 15 is 0 Å². The first kappa shape index (κ1) is 15.7. The first-order valence-electron chi connectivity index (χ1n) is 6.04. The molecule has 0 spiro atoms. The van der Waals surface area contributed by atoms with E-state index in [0.717, 1.165) is 5.56 Å². The van der Waals surface area contributed by atoms with Gasteiger partial charge in [0, 0.05) is 13.0 Å². The summed E-state index contributed by atoms with van der Waals surface area (Å²) in [5, 5.41) is 5.04. The zero-order valence-corrected chi connectivity index (χ0v) is 12.4. The summed E-state index contributed by atoms with van der Waals surface area (Å²) in [6.45, 7) is 5.58. The molecule has 1 aromatic rings. The molecule has 0 fully saturated rings. The minimum atomic E-state index is -3.68. The van der Waals surface area contributed by atoms with Gasteiger partial charge in [0.15, 0.2) is 0 Å². The lowest BCUT2D eigenvalue weighted by molar-refractivity contribution is -0.135. The average molecular weight is 284 g/mol. The molecule has 0 saturated carbocycles. The van der Waals surface area contributed by atoms with Crippen LogP contribution in [-0.4, -0.2) is 26.3 Å². The number of rotatable bonds is 4. The molecule has 106 valence electrons. The van der Waals surface area contributed by atoms with Gasteiger partial charge < -0.3 is 4.90 Å². The Bertz CT molecular complexity index is 550. The lowest BCUT2D eigenvalue weighted by Gasteiger charge is -2.27. The second-order valence-corrected chi connectivity index (χ2v) is 6.46. The van der Waals surface area contributed by atoms with Crippen LogP contribution in [0.3, 0.4) is 0 Å². The molecule has 1 rings (SSSR count). The third-order valence-corrected chi connectivity index (χ3v) is 4.04. The summed E-state index contributed by atoms with van der Waals surface area (Å²) in [5.74, 6) is -0.0286. The SMILES string of the molecule is CC(C)C(=O)N(C)C(C)c1ccc(S(N)(=O)=O)cc1. The molecule has 1 atom stereocenters. The molecule has 0 aliphatic rings. The summed E-state index contributed by atoms with van der Waals surface area (Å²) in [4.78, 5) is 13.6. The maximum Gasteiger partial charge on any atom is 0.238 e. The number of hydrogen-bond donors (Lipinski definition) is 1. The third-order valence-electron chi connectivity index (χ3n) is 3.11. The van der Waals surface area contributed by atoms with Crippen LogP contribution in [-0.2, 0) is 14.8 Å². The fraction of sp³-hybridized carbons (Fsp3) is 0.462. The molecule has 0 heterocycles. The van der Waals surface area contributed by atoms with Crippen molar-refractivity contribution in [1.82, 2.24) is 4.90 Å². The van der Waals surface area contributed by atoms with Crippen molar-refractivity contribution in [3.8, 4) is 0 Å². The number of benzene rings is 1. The second-order valence-electron chi connectivity index (χ2n) is 4.89. The number of carbonyl (C=O) groups is 1. The van der Waals surface area contributed by atoms with Crippen LogP contribution in [0.4, 0.5) is 0 Å². The van der Waals surface area contributed by atoms with E-state index in [2.05, 4.69) is 0 Å². The van der Waals surface area contributed by atoms with E-state index in [-0.39, 0.29) is 22.8 Å². The van der Waals surface area contributed by atoms with Gasteiger partial charge in [0.2, 0.25) is 15.9 Å². The largest absolute Gasteiger partial charge is 0.339 e. The fourth-order valence-electron chi connectivity index (χ4n) is 1.76. The minimum absolute atomic E-state index is 0.0445. The number of primary sulfonamides is 1. The topological polar surface area (TPSA) is 80.5 Å². The van der Waals surface area contributed by atoms with Crippen molar-refractivity contribution in [1.29, 1.82) is 0 Å². The van der Waals surface area contributed by atoms with Gasteiger partial charge in [-0.2, -0.15) is 0 Å². The van der Waals surface area contributed by atoms with Gasteiger partial charge in [-0.3, -0.25) is 4.79 Å². The van der Waals surface area contributed by atoms with E-state index in [0.29, 0.717) is 0 Å². The summed E-state index contributed by atoms with van der Waals surface area (Å²) in [5.41, 5.74) is 0.865. The predicted octanol–water partition coefficient (Wildman–Crippen LogP) is 1.51. The number of carbonyl (C=O) groups excluding carboxylic acids is 1. The van der Waals surface area contributed by atoms with Crippen LogP contribution < -0.4 is 5.14 Å². The highest BCUT2D eigenvalue weighted by Crippen LogP contribution is 2.21. The quantitative estimate of drug-likeness (QED) is 0.910. The number of amides is 1. The van der Waals surface area contributed by atoms with Gasteiger partial charge in [-0.05, 0) is 24.6 Å². The zero-order valence-electron chi connectivity index (χ0n) is 11.6. The summed E-state index contributed by atoms with van der Waals surface area (Å²) >= 11 is 0. The van der Waals surface area contributed by atoms with Crippen molar-refractivity contribution < 1.29 is 13.2 Å². The fourth-order valence-corrected chi connectivity index (χ4v) is 2.27. The number of nitrogens with two attached hydrogens (primary N) is 1. The monoisotopic (exact) mass is 284 g/mol. The van der Waals surface area contributed by atoms with Crippen LogP contribution in [0.25, 0.3) is 0 Å². The highest BCUT2D eigenvalue weighted by molar-refractivity contribution is 7.89. The number of hydrogen-bond acceptors (Lipinski definition) is 3. The number of nitrogens with zero attached hydrogens (tertiary/aromatic N) is 1. The second kappa shape index (κ2) is 5.71. The average Bonchev–Trinajstić information content (AvgIpc) is 2.35. The normalized spacial score (nSPS) is 13.4. The van der Waals surface area contributed by atoms with Gasteiger partial charge in [-0.15, -0.1) is 0 Å². The Hall–Kier alpha value is -1.40. The van der Waals surface area contributed by atoms with Crippen molar-refractivity contribution >= 4 is 15.9 Å². The van der Waals surface area contributed by atoms with E-state index in [1.165, 1.54) is 12.1 Å². The molecule has 0 aromatic heterocycles. The molecule has 1 aromatic carbocycles. The first-order valence-corrected chi connectivity index (χ1v) is 7.58. The molecule has 0 saturated heterocycles. The van der Waals surface area contributed by atoms with Crippen LogP contribution in [0, 0.1) is 5.92 Å². The maximum atomic E-state index is 11.9. The summed E-state index contributed by atoms with van der Waals surface area (Å²) in [6, 6.07) is 6.14. The Balaban J connectivity index is 2.96. The molecular weight excluding hydrogens is 264 g/mol. The standard InChI is InChI=1S/C13H20N2O3S/c1-9(2)13(16)15(4)10(3)11-5-7-12(8-6-11)19(14,17)18/h5-10H,1-4H3,(H2,14,17,18). The van der Waals surface area contributed by atoms with Crippen molar-refractivity contribution in [2.75, 3.05) is 7.05 Å². The molecule has 0 aliphatic heterocycles. The minimum Gasteiger partial charge on any atom is -0.339 e. The van der Waals surface area contributed by atoms with E-state index in [1.807, 2.05) is 20.8 Å². The van der Waals surface area contributed by atoms with Gasteiger partial charge in [-0.1, -0.05) is 26.0 Å². The van der Waals surface area contributed by atoms with Gasteiger partial charge in [0.25, 0.3) is 0 Å². The van der Waals surface area contributed by atoms with Crippen molar-refractivity contribution in [2.45, 2.75) is 31.7 Å². The lowest BCUT2D eigenvalue weighted by atomic mass is 10.1. The molecule has 1 unspecified atom stereocenters. The Kier molecular flexibility index (Phi) is 4.70. The van der Waals surface area contributed by atoms with Gasteiger partial charge in [0.1, 0.15) is 0 Å². The Morgan fingerprint density at radius 1 is 1.16 bits per heavy atom. The van der Waals surface area contributed by atoms with Gasteiger partial charge >= 0.3 is 0 Å². The molecule has 0 bridgehead atoms. The van der Waals surface area contributed by atoms with Crippen LogP contribution in [0.2, 0.25) is 0 Å². The van der Waals surface area contributed by atoms with Crippen molar-refractivity contribution in [2.24, 2.45) is 11.1 Å². The predicted molar refractivity (Wildman–Crippen MR) is 73.8 cm³/mol. The zero-order chi connectivity index (χ0) is 14.8. The molecule has 6 heteroatoms. The van der Waals surface area contributed by atoms with Gasteiger partial charge in [-0.25, -0.2) is 13.6 Å². The van der Waals surface area contributed by atoms with Crippen LogP contribution >= 0.6 is 0 Å². The van der Waals surface area contributed by atoms with Gasteiger partial charge in [0.05, 0.1) is 10.9 Å². The smallest absolute Gasteiger partial charge is 0.238 e. The molecule has 1 amide bonds. The van der Waals surface area contributed by atoms with Crippen LogP contribution in [0.5, 0.6) is 0 Å². The maximum absolute atomic E-state index is 11.9. The lowest BCUT2D eigenvalue weighted by Crippen LogP contribution is -2.32. The highest BCUT2D eigenvalue weighted by Gasteiger charge is 2.20. The Labute approximate surface area is 114 Å².